The van der Waals surface area contributed by atoms with Crippen LogP contribution >= 0.6 is 0 Å². The molecule has 0 aliphatic heterocycles. The summed E-state index contributed by atoms with van der Waals surface area (Å²) in [5.41, 5.74) is 1.29. The molecule has 0 spiro atoms. The van der Waals surface area contributed by atoms with Gasteiger partial charge in [-0.05, 0) is 24.7 Å². The number of nitrogens with one attached hydrogen (secondary N) is 2. The van der Waals surface area contributed by atoms with E-state index in [-0.39, 0.29) is 0 Å². The van der Waals surface area contributed by atoms with Crippen molar-refractivity contribution < 1.29 is 0 Å². The van der Waals surface area contributed by atoms with E-state index in [2.05, 4.69) is 15.5 Å². The predicted molar refractivity (Wildman–Crippen MR) is 77.7 cm³/mol. The summed E-state index contributed by atoms with van der Waals surface area (Å²) in [5, 5.41) is 10.7. The van der Waals surface area contributed by atoms with Crippen molar-refractivity contribution in [3.8, 4) is 0 Å². The molecule has 2 aliphatic carbocycles. The lowest BCUT2D eigenvalue weighted by Crippen LogP contribution is -2.42. The monoisotopic (exact) mass is 261 g/mol. The third kappa shape index (κ3) is 3.38. The Bertz CT molecular complexity index is 354. The predicted octanol–water partition coefficient (Wildman–Crippen LogP) is 3.64. The average molecular weight is 261 g/mol. The Balaban J connectivity index is 1.56. The maximum absolute atomic E-state index is 4.03. The Labute approximate surface area is 116 Å². The lowest BCUT2D eigenvalue weighted by atomic mass is 9.71. The van der Waals surface area contributed by atoms with E-state index in [1.54, 1.807) is 0 Å². The number of rotatable bonds is 4. The van der Waals surface area contributed by atoms with E-state index in [1.807, 2.05) is 12.4 Å². The normalized spacial score (nSPS) is 29.5. The zero-order valence-electron chi connectivity index (χ0n) is 11.9. The molecule has 0 bridgehead atoms. The SMILES string of the molecule is c1n[nH]cc1CNC1CCCCC1C1CCCCC1. The maximum Gasteiger partial charge on any atom is 0.0532 e. The number of hydrogen-bond donors (Lipinski definition) is 2. The molecule has 2 aliphatic rings. The number of H-pyrrole nitrogens is 1. The summed E-state index contributed by atoms with van der Waals surface area (Å²) in [6.07, 6.45) is 17.0. The third-order valence-corrected chi connectivity index (χ3v) is 5.20. The van der Waals surface area contributed by atoms with Gasteiger partial charge in [-0.3, -0.25) is 5.10 Å². The fourth-order valence-electron chi connectivity index (χ4n) is 4.16. The quantitative estimate of drug-likeness (QED) is 0.868. The van der Waals surface area contributed by atoms with Crippen molar-refractivity contribution in [1.82, 2.24) is 15.5 Å². The van der Waals surface area contributed by atoms with Crippen LogP contribution in [0.25, 0.3) is 0 Å². The molecule has 1 aromatic heterocycles. The molecule has 3 heteroatoms. The number of aromatic amines is 1. The highest BCUT2D eigenvalue weighted by Crippen LogP contribution is 2.38. The molecule has 1 aromatic rings. The van der Waals surface area contributed by atoms with E-state index in [4.69, 9.17) is 0 Å². The molecule has 2 saturated carbocycles. The molecule has 3 rings (SSSR count). The minimum atomic E-state index is 0.742. The molecular formula is C16H27N3. The first-order valence-electron chi connectivity index (χ1n) is 8.14. The maximum atomic E-state index is 4.03. The van der Waals surface area contributed by atoms with Crippen LogP contribution in [0.15, 0.2) is 12.4 Å². The molecule has 0 amide bonds. The lowest BCUT2D eigenvalue weighted by molar-refractivity contribution is 0.149. The summed E-state index contributed by atoms with van der Waals surface area (Å²) in [5.74, 6) is 1.93. The molecule has 3 nitrogen and oxygen atoms in total. The van der Waals surface area contributed by atoms with Crippen LogP contribution in [0.5, 0.6) is 0 Å². The van der Waals surface area contributed by atoms with Crippen LogP contribution in [-0.2, 0) is 6.54 Å². The first-order valence-corrected chi connectivity index (χ1v) is 8.14. The van der Waals surface area contributed by atoms with Crippen molar-refractivity contribution in [2.75, 3.05) is 0 Å². The Morgan fingerprint density at radius 3 is 2.63 bits per heavy atom. The lowest BCUT2D eigenvalue weighted by Gasteiger charge is -2.39. The van der Waals surface area contributed by atoms with Gasteiger partial charge < -0.3 is 5.32 Å². The van der Waals surface area contributed by atoms with Crippen molar-refractivity contribution >= 4 is 0 Å². The van der Waals surface area contributed by atoms with Gasteiger partial charge in [0, 0.05) is 24.3 Å². The Hall–Kier alpha value is -0.830. The van der Waals surface area contributed by atoms with Gasteiger partial charge in [-0.2, -0.15) is 5.10 Å². The second kappa shape index (κ2) is 6.56. The Kier molecular flexibility index (Phi) is 4.54. The van der Waals surface area contributed by atoms with Crippen molar-refractivity contribution in [2.45, 2.75) is 70.4 Å². The van der Waals surface area contributed by atoms with E-state index in [0.29, 0.717) is 0 Å². The highest BCUT2D eigenvalue weighted by Gasteiger charge is 2.32. The van der Waals surface area contributed by atoms with Gasteiger partial charge in [0.1, 0.15) is 0 Å². The van der Waals surface area contributed by atoms with E-state index in [0.717, 1.165) is 24.4 Å². The molecule has 19 heavy (non-hydrogen) atoms. The van der Waals surface area contributed by atoms with Gasteiger partial charge in [0.05, 0.1) is 6.20 Å². The van der Waals surface area contributed by atoms with Gasteiger partial charge in [-0.15, -0.1) is 0 Å². The Morgan fingerprint density at radius 2 is 1.84 bits per heavy atom. The van der Waals surface area contributed by atoms with Crippen molar-refractivity contribution in [2.24, 2.45) is 11.8 Å². The minimum Gasteiger partial charge on any atom is -0.310 e. The molecule has 2 N–H and O–H groups in total. The number of aromatic nitrogens is 2. The molecule has 0 radical (unpaired) electrons. The fraction of sp³-hybridized carbons (Fsp3) is 0.812. The summed E-state index contributed by atoms with van der Waals surface area (Å²) in [4.78, 5) is 0. The molecular weight excluding hydrogens is 234 g/mol. The minimum absolute atomic E-state index is 0.742. The van der Waals surface area contributed by atoms with Crippen molar-refractivity contribution in [3.63, 3.8) is 0 Å². The first kappa shape index (κ1) is 13.2. The first-order chi connectivity index (χ1) is 9.43. The van der Waals surface area contributed by atoms with E-state index in [1.165, 1.54) is 63.4 Å². The van der Waals surface area contributed by atoms with E-state index in [9.17, 15) is 0 Å². The van der Waals surface area contributed by atoms with Crippen molar-refractivity contribution in [1.29, 1.82) is 0 Å². The highest BCUT2D eigenvalue weighted by atomic mass is 15.1. The van der Waals surface area contributed by atoms with Crippen LogP contribution in [0.2, 0.25) is 0 Å². The van der Waals surface area contributed by atoms with Crippen LogP contribution in [-0.4, -0.2) is 16.2 Å². The average Bonchev–Trinajstić information content (AvgIpc) is 3.00. The Morgan fingerprint density at radius 1 is 1.05 bits per heavy atom. The van der Waals surface area contributed by atoms with Crippen molar-refractivity contribution in [3.05, 3.63) is 18.0 Å². The van der Waals surface area contributed by atoms with Gasteiger partial charge in [0.15, 0.2) is 0 Å². The molecule has 0 saturated heterocycles. The van der Waals surface area contributed by atoms with Crippen LogP contribution in [0.3, 0.4) is 0 Å². The van der Waals surface area contributed by atoms with Gasteiger partial charge >= 0.3 is 0 Å². The molecule has 2 atom stereocenters. The van der Waals surface area contributed by atoms with E-state index < -0.39 is 0 Å². The second-order valence-corrected chi connectivity index (χ2v) is 6.44. The summed E-state index contributed by atoms with van der Waals surface area (Å²) in [7, 11) is 0. The van der Waals surface area contributed by atoms with Gasteiger partial charge in [-0.25, -0.2) is 0 Å². The topological polar surface area (TPSA) is 40.7 Å². The standard InChI is InChI=1S/C16H27N3/c1-2-6-14(7-3-1)15-8-4-5-9-16(15)17-10-13-11-18-19-12-13/h11-12,14-17H,1-10H2,(H,18,19). The number of nitrogens with zero attached hydrogens (tertiary/aromatic N) is 1. The largest absolute Gasteiger partial charge is 0.310 e. The number of hydrogen-bond acceptors (Lipinski definition) is 2. The summed E-state index contributed by atoms with van der Waals surface area (Å²) < 4.78 is 0. The van der Waals surface area contributed by atoms with Crippen LogP contribution < -0.4 is 5.32 Å². The molecule has 1 heterocycles. The smallest absolute Gasteiger partial charge is 0.0532 e. The summed E-state index contributed by atoms with van der Waals surface area (Å²) in [6, 6.07) is 0.742. The van der Waals surface area contributed by atoms with Gasteiger partial charge in [-0.1, -0.05) is 44.9 Å². The third-order valence-electron chi connectivity index (χ3n) is 5.20. The summed E-state index contributed by atoms with van der Waals surface area (Å²) >= 11 is 0. The van der Waals surface area contributed by atoms with E-state index >= 15 is 0 Å². The second-order valence-electron chi connectivity index (χ2n) is 6.44. The molecule has 0 aromatic carbocycles. The molecule has 106 valence electrons. The highest BCUT2D eigenvalue weighted by molar-refractivity contribution is 5.02. The zero-order chi connectivity index (χ0) is 12.9. The van der Waals surface area contributed by atoms with Crippen LogP contribution in [0, 0.1) is 11.8 Å². The van der Waals surface area contributed by atoms with Gasteiger partial charge in [0.25, 0.3) is 0 Å². The zero-order valence-corrected chi connectivity index (χ0v) is 11.9. The summed E-state index contributed by atoms with van der Waals surface area (Å²) in [6.45, 7) is 0.977. The van der Waals surface area contributed by atoms with Crippen LogP contribution in [0.4, 0.5) is 0 Å². The van der Waals surface area contributed by atoms with Crippen LogP contribution in [0.1, 0.15) is 63.4 Å². The van der Waals surface area contributed by atoms with Gasteiger partial charge in [0.2, 0.25) is 0 Å². The fourth-order valence-corrected chi connectivity index (χ4v) is 4.16. The molecule has 2 unspecified atom stereocenters. The molecule has 2 fully saturated rings.